The lowest BCUT2D eigenvalue weighted by atomic mass is 9.92. The molecule has 5 nitrogen and oxygen atoms in total. The predicted octanol–water partition coefficient (Wildman–Crippen LogP) is 0.438. The lowest BCUT2D eigenvalue weighted by Gasteiger charge is -2.24. The maximum atomic E-state index is 11.0. The Hall–Kier alpha value is -2.04. The van der Waals surface area contributed by atoms with Crippen molar-refractivity contribution in [2.75, 3.05) is 0 Å². The second kappa shape index (κ2) is 4.00. The van der Waals surface area contributed by atoms with Crippen LogP contribution >= 0.6 is 0 Å². The van der Waals surface area contributed by atoms with E-state index in [1.165, 1.54) is 31.2 Å². The number of phenols is 1. The molecule has 80 valence electrons. The number of rotatable bonds is 4. The molecule has 0 aliphatic carbocycles. The Morgan fingerprint density at radius 3 is 2.33 bits per heavy atom. The minimum Gasteiger partial charge on any atom is -0.508 e. The molecule has 0 spiro atoms. The number of carboxylic acids is 1. The fourth-order valence-electron chi connectivity index (χ4n) is 1.18. The Morgan fingerprint density at radius 1 is 1.40 bits per heavy atom. The van der Waals surface area contributed by atoms with Gasteiger partial charge in [0, 0.05) is 0 Å². The summed E-state index contributed by atoms with van der Waals surface area (Å²) in [5, 5.41) is 20.3. The summed E-state index contributed by atoms with van der Waals surface area (Å²) in [7, 11) is 0. The number of aliphatic carboxylic acids is 1. The number of benzene rings is 1. The summed E-state index contributed by atoms with van der Waals surface area (Å²) in [6.07, 6.45) is 0.334. The molecule has 0 radical (unpaired) electrons. The SMILES string of the molecule is CC(NC=O)(C(=O)O)c1ccc(O)cc1. The summed E-state index contributed by atoms with van der Waals surface area (Å²) in [5.74, 6) is -1.13. The Bertz CT molecular complexity index is 374. The number of carbonyl (C=O) groups is 2. The Labute approximate surface area is 86.4 Å². The van der Waals surface area contributed by atoms with Crippen molar-refractivity contribution in [1.29, 1.82) is 0 Å². The van der Waals surface area contributed by atoms with Gasteiger partial charge in [-0.3, -0.25) is 4.79 Å². The molecule has 0 fully saturated rings. The summed E-state index contributed by atoms with van der Waals surface area (Å²) in [5.41, 5.74) is -1.09. The quantitative estimate of drug-likeness (QED) is 0.628. The van der Waals surface area contributed by atoms with Gasteiger partial charge in [0.15, 0.2) is 5.54 Å². The topological polar surface area (TPSA) is 86.6 Å². The number of aromatic hydroxyl groups is 1. The number of carboxylic acid groups (broad SMARTS) is 1. The molecular formula is C10H11NO4. The lowest BCUT2D eigenvalue weighted by Crippen LogP contribution is -2.45. The third-order valence-corrected chi connectivity index (χ3v) is 2.22. The second-order valence-corrected chi connectivity index (χ2v) is 3.24. The molecule has 1 aromatic rings. The molecule has 0 aromatic heterocycles. The molecule has 0 saturated heterocycles. The third kappa shape index (κ3) is 2.07. The van der Waals surface area contributed by atoms with Crippen LogP contribution in [0.25, 0.3) is 0 Å². The molecule has 1 amide bonds. The predicted molar refractivity (Wildman–Crippen MR) is 52.3 cm³/mol. The third-order valence-electron chi connectivity index (χ3n) is 2.22. The van der Waals surface area contributed by atoms with Gasteiger partial charge in [0.1, 0.15) is 5.75 Å². The highest BCUT2D eigenvalue weighted by Gasteiger charge is 2.34. The summed E-state index contributed by atoms with van der Waals surface area (Å²) in [6.45, 7) is 1.37. The fourth-order valence-corrected chi connectivity index (χ4v) is 1.18. The van der Waals surface area contributed by atoms with Crippen LogP contribution in [0.5, 0.6) is 5.75 Å². The second-order valence-electron chi connectivity index (χ2n) is 3.24. The molecule has 1 atom stereocenters. The van der Waals surface area contributed by atoms with E-state index in [9.17, 15) is 9.59 Å². The number of hydrogen-bond donors (Lipinski definition) is 3. The molecule has 0 saturated carbocycles. The van der Waals surface area contributed by atoms with Crippen LogP contribution in [-0.4, -0.2) is 22.6 Å². The summed E-state index contributed by atoms with van der Waals surface area (Å²) in [6, 6.07) is 5.62. The number of carbonyl (C=O) groups excluding carboxylic acids is 1. The van der Waals surface area contributed by atoms with E-state index in [4.69, 9.17) is 10.2 Å². The first-order valence-electron chi connectivity index (χ1n) is 4.25. The van der Waals surface area contributed by atoms with Gasteiger partial charge in [-0.1, -0.05) is 12.1 Å². The van der Waals surface area contributed by atoms with Gasteiger partial charge >= 0.3 is 5.97 Å². The van der Waals surface area contributed by atoms with Gasteiger partial charge in [0.25, 0.3) is 0 Å². The molecule has 1 unspecified atom stereocenters. The normalized spacial score (nSPS) is 13.9. The van der Waals surface area contributed by atoms with Gasteiger partial charge < -0.3 is 15.5 Å². The van der Waals surface area contributed by atoms with Crippen LogP contribution in [0.4, 0.5) is 0 Å². The van der Waals surface area contributed by atoms with E-state index in [0.717, 1.165) is 0 Å². The molecule has 0 heterocycles. The van der Waals surface area contributed by atoms with Crippen molar-refractivity contribution < 1.29 is 19.8 Å². The van der Waals surface area contributed by atoms with Crippen LogP contribution in [0.3, 0.4) is 0 Å². The van der Waals surface area contributed by atoms with Crippen LogP contribution in [-0.2, 0) is 15.1 Å². The van der Waals surface area contributed by atoms with Gasteiger partial charge in [-0.05, 0) is 24.6 Å². The Kier molecular flexibility index (Phi) is 2.94. The summed E-state index contributed by atoms with van der Waals surface area (Å²) >= 11 is 0. The van der Waals surface area contributed by atoms with E-state index in [0.29, 0.717) is 12.0 Å². The highest BCUT2D eigenvalue weighted by atomic mass is 16.4. The first-order chi connectivity index (χ1) is 7.00. The van der Waals surface area contributed by atoms with Crippen molar-refractivity contribution in [3.8, 4) is 5.75 Å². The highest BCUT2D eigenvalue weighted by Crippen LogP contribution is 2.22. The smallest absolute Gasteiger partial charge is 0.333 e. The molecule has 1 aromatic carbocycles. The zero-order valence-electron chi connectivity index (χ0n) is 8.10. The van der Waals surface area contributed by atoms with E-state index in [1.54, 1.807) is 0 Å². The zero-order valence-corrected chi connectivity index (χ0v) is 8.10. The first-order valence-corrected chi connectivity index (χ1v) is 4.25. The zero-order chi connectivity index (χ0) is 11.5. The first kappa shape index (κ1) is 11.0. The number of hydrogen-bond acceptors (Lipinski definition) is 3. The lowest BCUT2D eigenvalue weighted by molar-refractivity contribution is -0.145. The van der Waals surface area contributed by atoms with Crippen molar-refractivity contribution in [3.05, 3.63) is 29.8 Å². The van der Waals surface area contributed by atoms with Crippen molar-refractivity contribution in [2.45, 2.75) is 12.5 Å². The largest absolute Gasteiger partial charge is 0.508 e. The molecule has 5 heteroatoms. The molecule has 3 N–H and O–H groups in total. The number of amides is 1. The molecule has 0 bridgehead atoms. The molecule has 1 rings (SSSR count). The summed E-state index contributed by atoms with van der Waals surface area (Å²) < 4.78 is 0. The number of nitrogens with one attached hydrogen (secondary N) is 1. The molecule has 0 aliphatic heterocycles. The Balaban J connectivity index is 3.14. The van der Waals surface area contributed by atoms with Gasteiger partial charge in [0.05, 0.1) is 0 Å². The van der Waals surface area contributed by atoms with Crippen molar-refractivity contribution in [2.24, 2.45) is 0 Å². The molecule has 15 heavy (non-hydrogen) atoms. The molecule has 0 aliphatic rings. The van der Waals surface area contributed by atoms with Crippen LogP contribution in [0.1, 0.15) is 12.5 Å². The monoisotopic (exact) mass is 209 g/mol. The van der Waals surface area contributed by atoms with E-state index in [-0.39, 0.29) is 5.75 Å². The van der Waals surface area contributed by atoms with Crippen LogP contribution < -0.4 is 5.32 Å². The van der Waals surface area contributed by atoms with Crippen molar-refractivity contribution in [3.63, 3.8) is 0 Å². The summed E-state index contributed by atoms with van der Waals surface area (Å²) in [4.78, 5) is 21.4. The Morgan fingerprint density at radius 2 is 1.93 bits per heavy atom. The minimum absolute atomic E-state index is 0.0394. The van der Waals surface area contributed by atoms with E-state index in [2.05, 4.69) is 5.32 Å². The van der Waals surface area contributed by atoms with Gasteiger partial charge in [-0.25, -0.2) is 4.79 Å². The van der Waals surface area contributed by atoms with Gasteiger partial charge in [-0.2, -0.15) is 0 Å². The van der Waals surface area contributed by atoms with Gasteiger partial charge in [-0.15, -0.1) is 0 Å². The van der Waals surface area contributed by atoms with Crippen LogP contribution in [0, 0.1) is 0 Å². The fraction of sp³-hybridized carbons (Fsp3) is 0.200. The van der Waals surface area contributed by atoms with Crippen LogP contribution in [0.2, 0.25) is 0 Å². The van der Waals surface area contributed by atoms with Crippen LogP contribution in [0.15, 0.2) is 24.3 Å². The van der Waals surface area contributed by atoms with E-state index < -0.39 is 11.5 Å². The van der Waals surface area contributed by atoms with E-state index >= 15 is 0 Å². The maximum Gasteiger partial charge on any atom is 0.333 e. The maximum absolute atomic E-state index is 11.0. The standard InChI is InChI=1S/C10H11NO4/c1-10(9(14)15,11-6-12)7-2-4-8(13)5-3-7/h2-6,13H,1H3,(H,11,12)(H,14,15). The van der Waals surface area contributed by atoms with Gasteiger partial charge in [0.2, 0.25) is 6.41 Å². The van der Waals surface area contributed by atoms with E-state index in [1.807, 2.05) is 0 Å². The average molecular weight is 209 g/mol. The number of phenolic OH excluding ortho intramolecular Hbond substituents is 1. The average Bonchev–Trinajstić information content (AvgIpc) is 2.18. The molecular weight excluding hydrogens is 198 g/mol. The minimum atomic E-state index is -1.48. The highest BCUT2D eigenvalue weighted by molar-refractivity contribution is 5.82. The van der Waals surface area contributed by atoms with Crippen molar-refractivity contribution >= 4 is 12.4 Å². The van der Waals surface area contributed by atoms with Crippen molar-refractivity contribution in [1.82, 2.24) is 5.32 Å².